The number of carbonyl (C=O) groups excluding carboxylic acids is 1. The molecule has 5 heterocycles. The topological polar surface area (TPSA) is 100 Å². The predicted molar refractivity (Wildman–Crippen MR) is 175 cm³/mol. The van der Waals surface area contributed by atoms with Gasteiger partial charge in [-0.3, -0.25) is 14.7 Å². The van der Waals surface area contributed by atoms with Crippen LogP contribution in [0.4, 0.5) is 10.2 Å². The van der Waals surface area contributed by atoms with Gasteiger partial charge in [0.25, 0.3) is 11.8 Å². The van der Waals surface area contributed by atoms with E-state index < -0.39 is 5.82 Å². The molecule has 7 rings (SSSR count). The van der Waals surface area contributed by atoms with Crippen LogP contribution < -0.4 is 14.4 Å². The number of benzene rings is 1. The number of piperidine rings is 1. The fourth-order valence-corrected chi connectivity index (χ4v) is 8.08. The second-order valence-corrected chi connectivity index (χ2v) is 14.0. The maximum Gasteiger partial charge on any atom is 0.282 e. The third-order valence-corrected chi connectivity index (χ3v) is 10.4. The van der Waals surface area contributed by atoms with E-state index in [-0.39, 0.29) is 35.2 Å². The Bertz CT molecular complexity index is 1600. The van der Waals surface area contributed by atoms with Gasteiger partial charge in [-0.15, -0.1) is 10.2 Å². The number of fused-ring (bicyclic) bond motifs is 1. The van der Waals surface area contributed by atoms with Crippen molar-refractivity contribution in [2.24, 2.45) is 5.41 Å². The van der Waals surface area contributed by atoms with Crippen molar-refractivity contribution in [2.45, 2.75) is 77.6 Å². The van der Waals surface area contributed by atoms with Gasteiger partial charge in [-0.2, -0.15) is 0 Å². The van der Waals surface area contributed by atoms with Gasteiger partial charge in [-0.1, -0.05) is 0 Å². The first-order valence-electron chi connectivity index (χ1n) is 17.0. The standard InChI is InChI=1S/C35H45FN8O3/c1-5-44(23(2)3)34(45)27-16-24(36)6-7-30(27)47-33-32(38-22-39-40-33)42-13-9-26(10-14-42)46-31-8-12-37-29-11-15-43(19-28(29)31)25-17-35(18-25)20-41(4)21-35/h6-8,12,16,22-23,25-26H,5,9-11,13-15,17-21H2,1-4H3. The summed E-state index contributed by atoms with van der Waals surface area (Å²) in [6, 6.07) is 6.58. The maximum absolute atomic E-state index is 14.3. The van der Waals surface area contributed by atoms with E-state index in [0.717, 1.165) is 43.8 Å². The van der Waals surface area contributed by atoms with Gasteiger partial charge in [0.15, 0.2) is 5.82 Å². The molecule has 2 saturated heterocycles. The zero-order chi connectivity index (χ0) is 32.7. The highest BCUT2D eigenvalue weighted by molar-refractivity contribution is 5.97. The smallest absolute Gasteiger partial charge is 0.282 e. The van der Waals surface area contributed by atoms with Crippen LogP contribution in [0.25, 0.3) is 0 Å². The molecule has 4 aliphatic rings. The number of carbonyl (C=O) groups is 1. The van der Waals surface area contributed by atoms with Crippen molar-refractivity contribution < 1.29 is 18.7 Å². The number of hydrogen-bond acceptors (Lipinski definition) is 10. The van der Waals surface area contributed by atoms with Crippen molar-refractivity contribution in [3.05, 3.63) is 59.4 Å². The number of rotatable bonds is 9. The normalized spacial score (nSPS) is 20.1. The number of likely N-dealkylation sites (tertiary alicyclic amines) is 1. The first kappa shape index (κ1) is 31.7. The lowest BCUT2D eigenvalue weighted by Gasteiger charge is -2.60. The van der Waals surface area contributed by atoms with E-state index in [2.05, 4.69) is 36.9 Å². The van der Waals surface area contributed by atoms with Crippen molar-refractivity contribution in [2.75, 3.05) is 51.2 Å². The van der Waals surface area contributed by atoms with Crippen molar-refractivity contribution >= 4 is 11.7 Å². The van der Waals surface area contributed by atoms with E-state index in [4.69, 9.17) is 14.5 Å². The van der Waals surface area contributed by atoms with E-state index in [1.165, 1.54) is 56.0 Å². The Hall–Kier alpha value is -3.90. The lowest BCUT2D eigenvalue weighted by Crippen LogP contribution is -2.65. The predicted octanol–water partition coefficient (Wildman–Crippen LogP) is 4.57. The Labute approximate surface area is 276 Å². The molecule has 1 saturated carbocycles. The van der Waals surface area contributed by atoms with Gasteiger partial charge in [-0.25, -0.2) is 9.37 Å². The number of ether oxygens (including phenoxy) is 2. The first-order chi connectivity index (χ1) is 22.7. The molecule has 12 heteroatoms. The first-order valence-corrected chi connectivity index (χ1v) is 17.0. The minimum atomic E-state index is -0.513. The number of amides is 1. The van der Waals surface area contributed by atoms with Gasteiger partial charge in [0.1, 0.15) is 29.7 Å². The van der Waals surface area contributed by atoms with E-state index in [1.807, 2.05) is 33.0 Å². The molecule has 47 heavy (non-hydrogen) atoms. The second-order valence-electron chi connectivity index (χ2n) is 14.0. The summed E-state index contributed by atoms with van der Waals surface area (Å²) >= 11 is 0. The third-order valence-electron chi connectivity index (χ3n) is 10.4. The fraction of sp³-hybridized carbons (Fsp3) is 0.571. The number of aromatic nitrogens is 4. The van der Waals surface area contributed by atoms with Crippen molar-refractivity contribution in [1.29, 1.82) is 0 Å². The fourth-order valence-electron chi connectivity index (χ4n) is 8.08. The summed E-state index contributed by atoms with van der Waals surface area (Å²) in [6.45, 7) is 12.1. The summed E-state index contributed by atoms with van der Waals surface area (Å²) in [5.41, 5.74) is 3.11. The summed E-state index contributed by atoms with van der Waals surface area (Å²) in [4.78, 5) is 31.4. The molecular weight excluding hydrogens is 599 g/mol. The zero-order valence-corrected chi connectivity index (χ0v) is 27.9. The van der Waals surface area contributed by atoms with Gasteiger partial charge in [0, 0.05) is 94.6 Å². The lowest BCUT2D eigenvalue weighted by atomic mass is 9.60. The highest BCUT2D eigenvalue weighted by Gasteiger charge is 2.52. The second kappa shape index (κ2) is 13.0. The number of nitrogens with zero attached hydrogens (tertiary/aromatic N) is 8. The molecule has 3 aliphatic heterocycles. The van der Waals surface area contributed by atoms with Crippen molar-refractivity contribution in [3.63, 3.8) is 0 Å². The summed E-state index contributed by atoms with van der Waals surface area (Å²) in [7, 11) is 2.22. The van der Waals surface area contributed by atoms with Crippen LogP contribution in [-0.2, 0) is 13.0 Å². The largest absolute Gasteiger partial charge is 0.490 e. The van der Waals surface area contributed by atoms with Crippen LogP contribution in [0.2, 0.25) is 0 Å². The highest BCUT2D eigenvalue weighted by atomic mass is 19.1. The molecular formula is C35H45FN8O3. The van der Waals surface area contributed by atoms with E-state index >= 15 is 0 Å². The molecule has 11 nitrogen and oxygen atoms in total. The van der Waals surface area contributed by atoms with Crippen LogP contribution in [0.1, 0.15) is 68.1 Å². The van der Waals surface area contributed by atoms with E-state index in [1.54, 1.807) is 4.90 Å². The summed E-state index contributed by atoms with van der Waals surface area (Å²) in [5, 5.41) is 8.17. The van der Waals surface area contributed by atoms with Crippen LogP contribution in [0, 0.1) is 11.2 Å². The van der Waals surface area contributed by atoms with Crippen molar-refractivity contribution in [1.82, 2.24) is 34.9 Å². The van der Waals surface area contributed by atoms with Crippen LogP contribution >= 0.6 is 0 Å². The Balaban J connectivity index is 1.00. The van der Waals surface area contributed by atoms with Gasteiger partial charge >= 0.3 is 0 Å². The number of halogens is 1. The molecule has 0 atom stereocenters. The third kappa shape index (κ3) is 6.37. The molecule has 1 aromatic carbocycles. The zero-order valence-electron chi connectivity index (χ0n) is 27.9. The van der Waals surface area contributed by atoms with Crippen LogP contribution in [-0.4, -0.2) is 105 Å². The Morgan fingerprint density at radius 3 is 2.62 bits per heavy atom. The number of pyridine rings is 1. The molecule has 250 valence electrons. The van der Waals surface area contributed by atoms with Gasteiger partial charge in [0.05, 0.1) is 5.56 Å². The summed E-state index contributed by atoms with van der Waals surface area (Å²) in [6.07, 6.45) is 8.49. The highest BCUT2D eigenvalue weighted by Crippen LogP contribution is 2.50. The minimum absolute atomic E-state index is 0.0535. The van der Waals surface area contributed by atoms with Gasteiger partial charge in [-0.05, 0) is 70.3 Å². The Kier molecular flexibility index (Phi) is 8.73. The van der Waals surface area contributed by atoms with Gasteiger partial charge < -0.3 is 24.2 Å². The average Bonchev–Trinajstić information content (AvgIpc) is 3.04. The summed E-state index contributed by atoms with van der Waals surface area (Å²) in [5.74, 6) is 1.06. The molecule has 1 aliphatic carbocycles. The monoisotopic (exact) mass is 644 g/mol. The van der Waals surface area contributed by atoms with Gasteiger partial charge in [0.2, 0.25) is 0 Å². The lowest BCUT2D eigenvalue weighted by molar-refractivity contribution is -0.101. The molecule has 1 amide bonds. The SMILES string of the molecule is CCN(C(=O)c1cc(F)ccc1Oc1nncnc1N1CCC(Oc2ccnc3c2CN(C2CC4(C2)CN(C)C4)CC3)CC1)C(C)C. The molecule has 0 unspecified atom stereocenters. The quantitative estimate of drug-likeness (QED) is 0.330. The Morgan fingerprint density at radius 2 is 1.89 bits per heavy atom. The van der Waals surface area contributed by atoms with E-state index in [0.29, 0.717) is 36.9 Å². The number of hydrogen-bond donors (Lipinski definition) is 0. The molecule has 0 N–H and O–H groups in total. The maximum atomic E-state index is 14.3. The molecule has 1 spiro atoms. The van der Waals surface area contributed by atoms with Crippen LogP contribution in [0.3, 0.4) is 0 Å². The number of anilines is 1. The average molecular weight is 645 g/mol. The van der Waals surface area contributed by atoms with Crippen LogP contribution in [0.5, 0.6) is 17.4 Å². The minimum Gasteiger partial charge on any atom is -0.490 e. The molecule has 2 aromatic heterocycles. The van der Waals surface area contributed by atoms with Crippen molar-refractivity contribution in [3.8, 4) is 17.4 Å². The molecule has 0 bridgehead atoms. The Morgan fingerprint density at radius 1 is 1.11 bits per heavy atom. The summed E-state index contributed by atoms with van der Waals surface area (Å²) < 4.78 is 27.1. The molecule has 3 fully saturated rings. The molecule has 0 radical (unpaired) electrons. The van der Waals surface area contributed by atoms with Crippen LogP contribution in [0.15, 0.2) is 36.8 Å². The molecule has 3 aromatic rings. The van der Waals surface area contributed by atoms with E-state index in [9.17, 15) is 9.18 Å².